The first kappa shape index (κ1) is 14.8. The Morgan fingerprint density at radius 3 is 2.45 bits per heavy atom. The van der Waals surface area contributed by atoms with Crippen molar-refractivity contribution in [1.29, 1.82) is 0 Å². The van der Waals surface area contributed by atoms with E-state index in [2.05, 4.69) is 37.5 Å². The van der Waals surface area contributed by atoms with Gasteiger partial charge in [0.25, 0.3) is 0 Å². The van der Waals surface area contributed by atoms with Gasteiger partial charge in [0.2, 0.25) is 0 Å². The smallest absolute Gasteiger partial charge is 0.0476 e. The number of nitrogens with zero attached hydrogens (tertiary/aromatic N) is 2. The molecule has 20 heavy (non-hydrogen) atoms. The van der Waals surface area contributed by atoms with Gasteiger partial charge in [-0.2, -0.15) is 0 Å². The summed E-state index contributed by atoms with van der Waals surface area (Å²) in [5.74, 6) is 1.61. The lowest BCUT2D eigenvalue weighted by molar-refractivity contribution is -0.0117. The van der Waals surface area contributed by atoms with Crippen molar-refractivity contribution in [1.82, 2.24) is 9.80 Å². The van der Waals surface area contributed by atoms with Crippen LogP contribution in [0.1, 0.15) is 53.4 Å². The summed E-state index contributed by atoms with van der Waals surface area (Å²) >= 11 is 0. The van der Waals surface area contributed by atoms with Crippen molar-refractivity contribution in [2.45, 2.75) is 77.0 Å². The minimum absolute atomic E-state index is 0.240. The Kier molecular flexibility index (Phi) is 3.89. The molecular formula is C17H33N3. The maximum absolute atomic E-state index is 6.33. The largest absolute Gasteiger partial charge is 0.329 e. The molecule has 3 fully saturated rings. The predicted molar refractivity (Wildman–Crippen MR) is 84.7 cm³/mol. The lowest BCUT2D eigenvalue weighted by Crippen LogP contribution is -2.62. The fourth-order valence-corrected chi connectivity index (χ4v) is 4.94. The van der Waals surface area contributed by atoms with Gasteiger partial charge in [0.05, 0.1) is 0 Å². The average molecular weight is 279 g/mol. The number of nitrogens with two attached hydrogens (primary N) is 1. The minimum Gasteiger partial charge on any atom is -0.329 e. The minimum atomic E-state index is 0.240. The Balaban J connectivity index is 1.81. The molecule has 2 saturated heterocycles. The normalized spacial score (nSPS) is 47.9. The molecule has 3 rings (SSSR count). The van der Waals surface area contributed by atoms with Crippen LogP contribution in [0.25, 0.3) is 0 Å². The highest BCUT2D eigenvalue weighted by Gasteiger charge is 2.51. The van der Waals surface area contributed by atoms with E-state index >= 15 is 0 Å². The van der Waals surface area contributed by atoms with Crippen molar-refractivity contribution in [3.8, 4) is 0 Å². The maximum atomic E-state index is 6.33. The van der Waals surface area contributed by atoms with Crippen molar-refractivity contribution in [3.63, 3.8) is 0 Å². The summed E-state index contributed by atoms with van der Waals surface area (Å²) in [6, 6.07) is 2.26. The van der Waals surface area contributed by atoms with Crippen LogP contribution >= 0.6 is 0 Å². The Morgan fingerprint density at radius 2 is 1.85 bits per heavy atom. The van der Waals surface area contributed by atoms with E-state index in [4.69, 9.17) is 5.73 Å². The fourth-order valence-electron chi connectivity index (χ4n) is 4.94. The Morgan fingerprint density at radius 1 is 1.15 bits per heavy atom. The lowest BCUT2D eigenvalue weighted by Gasteiger charge is -2.51. The molecule has 2 heterocycles. The van der Waals surface area contributed by atoms with Gasteiger partial charge >= 0.3 is 0 Å². The molecule has 0 aromatic rings. The summed E-state index contributed by atoms with van der Waals surface area (Å²) < 4.78 is 0. The van der Waals surface area contributed by atoms with E-state index in [1.165, 1.54) is 38.8 Å². The van der Waals surface area contributed by atoms with E-state index < -0.39 is 0 Å². The highest BCUT2D eigenvalue weighted by atomic mass is 15.3. The van der Waals surface area contributed by atoms with Crippen LogP contribution < -0.4 is 5.73 Å². The number of piperidine rings is 1. The van der Waals surface area contributed by atoms with E-state index in [0.717, 1.165) is 24.4 Å². The molecule has 3 aliphatic rings. The third-order valence-electron chi connectivity index (χ3n) is 6.32. The maximum Gasteiger partial charge on any atom is 0.0476 e. The first-order valence-electron chi connectivity index (χ1n) is 8.69. The van der Waals surface area contributed by atoms with Crippen molar-refractivity contribution >= 4 is 0 Å². The fraction of sp³-hybridized carbons (Fsp3) is 1.00. The molecule has 0 aromatic carbocycles. The Hall–Kier alpha value is -0.120. The molecule has 0 amide bonds. The lowest BCUT2D eigenvalue weighted by atomic mass is 9.81. The zero-order valence-electron chi connectivity index (χ0n) is 13.8. The van der Waals surface area contributed by atoms with Crippen LogP contribution in [0.15, 0.2) is 0 Å². The van der Waals surface area contributed by atoms with Crippen molar-refractivity contribution in [3.05, 3.63) is 0 Å². The molecule has 5 atom stereocenters. The topological polar surface area (TPSA) is 32.5 Å². The van der Waals surface area contributed by atoms with Crippen molar-refractivity contribution < 1.29 is 0 Å². The zero-order valence-corrected chi connectivity index (χ0v) is 13.8. The van der Waals surface area contributed by atoms with Crippen LogP contribution in [0.3, 0.4) is 0 Å². The van der Waals surface area contributed by atoms with E-state index in [1.807, 2.05) is 0 Å². The molecule has 3 heteroatoms. The molecular weight excluding hydrogens is 246 g/mol. The first-order valence-corrected chi connectivity index (χ1v) is 8.69. The SMILES string of the molecule is CC1CC(C)C(C)N(C2(CN)CC(C)N(C3CC3)C2)C1. The number of rotatable bonds is 3. The standard InChI is InChI=1S/C17H33N3/c1-12-7-13(2)15(4)20(9-12)17(10-18)8-14(3)19(11-17)16-5-6-16/h12-16H,5-11,18H2,1-4H3. The quantitative estimate of drug-likeness (QED) is 0.860. The number of likely N-dealkylation sites (tertiary alicyclic amines) is 2. The van der Waals surface area contributed by atoms with Gasteiger partial charge in [-0.3, -0.25) is 9.80 Å². The summed E-state index contributed by atoms with van der Waals surface area (Å²) in [5.41, 5.74) is 6.57. The molecule has 5 unspecified atom stereocenters. The van der Waals surface area contributed by atoms with Gasteiger partial charge in [-0.05, 0) is 51.4 Å². The molecule has 0 radical (unpaired) electrons. The third kappa shape index (κ3) is 2.42. The summed E-state index contributed by atoms with van der Waals surface area (Å²) in [5, 5.41) is 0. The average Bonchev–Trinajstić information content (AvgIpc) is 3.18. The zero-order chi connectivity index (χ0) is 14.5. The molecule has 116 valence electrons. The Bertz CT molecular complexity index is 354. The van der Waals surface area contributed by atoms with Crippen LogP contribution in [0, 0.1) is 11.8 Å². The van der Waals surface area contributed by atoms with Crippen LogP contribution in [0.2, 0.25) is 0 Å². The molecule has 1 saturated carbocycles. The van der Waals surface area contributed by atoms with Crippen molar-refractivity contribution in [2.24, 2.45) is 17.6 Å². The highest BCUT2D eigenvalue weighted by Crippen LogP contribution is 2.42. The van der Waals surface area contributed by atoms with Gasteiger partial charge in [0, 0.05) is 43.3 Å². The van der Waals surface area contributed by atoms with Gasteiger partial charge in [0.15, 0.2) is 0 Å². The monoisotopic (exact) mass is 279 g/mol. The number of hydrogen-bond acceptors (Lipinski definition) is 3. The Labute approximate surface area is 124 Å². The molecule has 3 nitrogen and oxygen atoms in total. The van der Waals surface area contributed by atoms with Gasteiger partial charge < -0.3 is 5.73 Å². The summed E-state index contributed by atoms with van der Waals surface area (Å²) in [7, 11) is 0. The van der Waals surface area contributed by atoms with Crippen LogP contribution in [0.4, 0.5) is 0 Å². The molecule has 2 N–H and O–H groups in total. The van der Waals surface area contributed by atoms with Crippen LogP contribution in [-0.4, -0.2) is 53.1 Å². The highest BCUT2D eigenvalue weighted by molar-refractivity contribution is 5.09. The van der Waals surface area contributed by atoms with E-state index in [-0.39, 0.29) is 5.54 Å². The second-order valence-corrected chi connectivity index (χ2v) is 8.10. The van der Waals surface area contributed by atoms with E-state index in [9.17, 15) is 0 Å². The summed E-state index contributed by atoms with van der Waals surface area (Å²) in [4.78, 5) is 5.55. The number of hydrogen-bond donors (Lipinski definition) is 1. The van der Waals surface area contributed by atoms with Crippen LogP contribution in [-0.2, 0) is 0 Å². The molecule has 0 aromatic heterocycles. The van der Waals surface area contributed by atoms with E-state index in [0.29, 0.717) is 12.1 Å². The summed E-state index contributed by atoms with van der Waals surface area (Å²) in [6.07, 6.45) is 5.46. The van der Waals surface area contributed by atoms with Gasteiger partial charge in [-0.15, -0.1) is 0 Å². The second kappa shape index (κ2) is 5.26. The second-order valence-electron chi connectivity index (χ2n) is 8.10. The van der Waals surface area contributed by atoms with E-state index in [1.54, 1.807) is 0 Å². The predicted octanol–water partition coefficient (Wildman–Crippen LogP) is 2.31. The molecule has 1 aliphatic carbocycles. The van der Waals surface area contributed by atoms with Crippen molar-refractivity contribution in [2.75, 3.05) is 19.6 Å². The summed E-state index contributed by atoms with van der Waals surface area (Å²) in [6.45, 7) is 13.0. The van der Waals surface area contributed by atoms with Gasteiger partial charge in [-0.1, -0.05) is 13.8 Å². The van der Waals surface area contributed by atoms with Gasteiger partial charge in [0.1, 0.15) is 0 Å². The molecule has 2 aliphatic heterocycles. The van der Waals surface area contributed by atoms with Crippen LogP contribution in [0.5, 0.6) is 0 Å². The molecule has 0 bridgehead atoms. The van der Waals surface area contributed by atoms with Gasteiger partial charge in [-0.25, -0.2) is 0 Å². The molecule has 0 spiro atoms. The first-order chi connectivity index (χ1) is 9.47. The third-order valence-corrected chi connectivity index (χ3v) is 6.32.